The normalized spacial score (nSPS) is 15.1. The number of hydrogen-bond donors (Lipinski definition) is 1. The summed E-state index contributed by atoms with van der Waals surface area (Å²) in [6.07, 6.45) is -3.95. The Morgan fingerprint density at radius 1 is 1.04 bits per heavy atom. The maximum Gasteiger partial charge on any atom is 0.416 e. The number of benzene rings is 2. The summed E-state index contributed by atoms with van der Waals surface area (Å²) in [5.74, 6) is -1.88. The van der Waals surface area contributed by atoms with Crippen molar-refractivity contribution >= 4 is 11.9 Å². The maximum atomic E-state index is 16.0. The first-order valence-corrected chi connectivity index (χ1v) is 17.4. The van der Waals surface area contributed by atoms with Crippen LogP contribution >= 0.6 is 0 Å². The second kappa shape index (κ2) is 17.0. The molecular formula is C39H49F4N3O5. The standard InChI is InChI=1S/C39H49F4N3O5/c1-8-51-35(48)18-32(30-16-29(15-26(6)37(30)40)36-24(4)10-9-11-25(36)5)44-38(49)33(14-23(2)3)46-21-28(31(17-34(46)47)39(41,42)43)12-13-45-19-27(20-45)22-50-7/h9-11,15-17,21,23,27,32-33H,8,12-14,18-20,22H2,1-7H3,(H,44,49)/t32-,33-/m0/s1. The van der Waals surface area contributed by atoms with Crippen LogP contribution in [-0.4, -0.2) is 61.3 Å². The van der Waals surface area contributed by atoms with Crippen molar-refractivity contribution in [2.24, 2.45) is 11.8 Å². The first-order valence-electron chi connectivity index (χ1n) is 17.4. The smallest absolute Gasteiger partial charge is 0.416 e. The van der Waals surface area contributed by atoms with Crippen LogP contribution in [0.3, 0.4) is 0 Å². The summed E-state index contributed by atoms with van der Waals surface area (Å²) in [5.41, 5.74) is 1.71. The highest BCUT2D eigenvalue weighted by molar-refractivity contribution is 5.82. The van der Waals surface area contributed by atoms with Gasteiger partial charge in [-0.3, -0.25) is 14.4 Å². The molecule has 1 fully saturated rings. The van der Waals surface area contributed by atoms with E-state index in [0.717, 1.165) is 27.5 Å². The van der Waals surface area contributed by atoms with Crippen molar-refractivity contribution in [1.82, 2.24) is 14.8 Å². The maximum absolute atomic E-state index is 16.0. The zero-order valence-corrected chi connectivity index (χ0v) is 30.5. The van der Waals surface area contributed by atoms with Gasteiger partial charge in [0.05, 0.1) is 31.2 Å². The fraction of sp³-hybridized carbons (Fsp3) is 0.513. The van der Waals surface area contributed by atoms with Gasteiger partial charge in [-0.15, -0.1) is 0 Å². The van der Waals surface area contributed by atoms with Crippen molar-refractivity contribution < 1.29 is 36.6 Å². The summed E-state index contributed by atoms with van der Waals surface area (Å²) in [4.78, 5) is 42.5. The van der Waals surface area contributed by atoms with Gasteiger partial charge in [0.2, 0.25) is 5.91 Å². The second-order valence-electron chi connectivity index (χ2n) is 14.0. The van der Waals surface area contributed by atoms with Crippen LogP contribution in [0.1, 0.15) is 79.1 Å². The van der Waals surface area contributed by atoms with Crippen LogP contribution in [0.5, 0.6) is 0 Å². The number of rotatable bonds is 15. The van der Waals surface area contributed by atoms with Crippen LogP contribution in [0.4, 0.5) is 17.6 Å². The van der Waals surface area contributed by atoms with Gasteiger partial charge in [0.25, 0.3) is 5.56 Å². The average molecular weight is 716 g/mol. The molecule has 1 N–H and O–H groups in total. The Bertz CT molecular complexity index is 1740. The summed E-state index contributed by atoms with van der Waals surface area (Å²) in [6, 6.07) is 7.21. The van der Waals surface area contributed by atoms with Gasteiger partial charge >= 0.3 is 12.1 Å². The molecule has 4 rings (SSSR count). The molecule has 278 valence electrons. The van der Waals surface area contributed by atoms with Crippen LogP contribution in [0.15, 0.2) is 47.4 Å². The lowest BCUT2D eigenvalue weighted by Gasteiger charge is -2.39. The molecule has 3 aromatic rings. The van der Waals surface area contributed by atoms with Gasteiger partial charge < -0.3 is 24.3 Å². The minimum Gasteiger partial charge on any atom is -0.466 e. The molecule has 51 heavy (non-hydrogen) atoms. The molecule has 1 amide bonds. The number of pyridine rings is 1. The minimum atomic E-state index is -4.78. The number of carbonyl (C=O) groups excluding carboxylic acids is 2. The molecule has 0 spiro atoms. The number of nitrogens with zero attached hydrogens (tertiary/aromatic N) is 2. The monoisotopic (exact) mass is 715 g/mol. The summed E-state index contributed by atoms with van der Waals surface area (Å²) in [7, 11) is 1.60. The second-order valence-corrected chi connectivity index (χ2v) is 14.0. The van der Waals surface area contributed by atoms with Gasteiger partial charge in [-0.1, -0.05) is 32.0 Å². The van der Waals surface area contributed by atoms with Gasteiger partial charge in [-0.2, -0.15) is 13.2 Å². The van der Waals surface area contributed by atoms with E-state index in [4.69, 9.17) is 9.47 Å². The lowest BCUT2D eigenvalue weighted by Crippen LogP contribution is -2.49. The van der Waals surface area contributed by atoms with Gasteiger partial charge in [-0.25, -0.2) is 4.39 Å². The number of nitrogens with one attached hydrogen (secondary N) is 1. The van der Waals surface area contributed by atoms with E-state index in [9.17, 15) is 27.6 Å². The fourth-order valence-electron chi connectivity index (χ4n) is 6.93. The molecule has 0 radical (unpaired) electrons. The minimum absolute atomic E-state index is 0.00588. The van der Waals surface area contributed by atoms with E-state index in [1.807, 2.05) is 50.8 Å². The molecule has 1 aliphatic rings. The van der Waals surface area contributed by atoms with Crippen molar-refractivity contribution in [2.75, 3.05) is 40.0 Å². The number of amides is 1. The Balaban J connectivity index is 1.75. The lowest BCUT2D eigenvalue weighted by molar-refractivity contribution is -0.144. The van der Waals surface area contributed by atoms with Gasteiger partial charge in [0, 0.05) is 50.5 Å². The number of aryl methyl sites for hydroxylation is 3. The van der Waals surface area contributed by atoms with Crippen molar-refractivity contribution in [1.29, 1.82) is 0 Å². The topological polar surface area (TPSA) is 89.9 Å². The number of ether oxygens (including phenoxy) is 2. The Kier molecular flexibility index (Phi) is 13.2. The van der Waals surface area contributed by atoms with E-state index in [-0.39, 0.29) is 36.5 Å². The molecule has 1 aliphatic heterocycles. The Morgan fingerprint density at radius 2 is 1.71 bits per heavy atom. The molecule has 0 aliphatic carbocycles. The van der Waals surface area contributed by atoms with Crippen LogP contribution in [0.2, 0.25) is 0 Å². The van der Waals surface area contributed by atoms with Crippen molar-refractivity contribution in [3.8, 4) is 11.1 Å². The van der Waals surface area contributed by atoms with Crippen LogP contribution in [-0.2, 0) is 31.7 Å². The number of methoxy groups -OCH3 is 1. The number of likely N-dealkylation sites (tertiary alicyclic amines) is 1. The van der Waals surface area contributed by atoms with E-state index < -0.39 is 53.5 Å². The molecule has 2 heterocycles. The number of aromatic nitrogens is 1. The number of alkyl halides is 3. The number of carbonyl (C=O) groups is 2. The highest BCUT2D eigenvalue weighted by Crippen LogP contribution is 2.35. The molecule has 12 heteroatoms. The fourth-order valence-corrected chi connectivity index (χ4v) is 6.93. The van der Waals surface area contributed by atoms with Crippen LogP contribution in [0, 0.1) is 38.4 Å². The third kappa shape index (κ3) is 9.85. The Morgan fingerprint density at radius 3 is 2.29 bits per heavy atom. The summed E-state index contributed by atoms with van der Waals surface area (Å²) < 4.78 is 70.0. The predicted octanol–water partition coefficient (Wildman–Crippen LogP) is 7.12. The molecule has 1 saturated heterocycles. The number of esters is 1. The molecular weight excluding hydrogens is 666 g/mol. The van der Waals surface area contributed by atoms with Crippen molar-refractivity contribution in [3.63, 3.8) is 0 Å². The number of hydrogen-bond acceptors (Lipinski definition) is 6. The van der Waals surface area contributed by atoms with Gasteiger partial charge in [-0.05, 0) is 92.0 Å². The molecule has 8 nitrogen and oxygen atoms in total. The SMILES string of the molecule is CCOC(=O)C[C@H](NC(=O)[C@H](CC(C)C)n1cc(CCN2CC(COC)C2)c(C(F)(F)F)cc1=O)c1cc(-c2c(C)cccc2C)cc(C)c1F. The zero-order valence-electron chi connectivity index (χ0n) is 30.5. The van der Waals surface area contributed by atoms with Crippen molar-refractivity contribution in [2.45, 2.75) is 79.1 Å². The first-order chi connectivity index (χ1) is 24.0. The molecule has 1 aromatic heterocycles. The molecule has 0 unspecified atom stereocenters. The van der Waals surface area contributed by atoms with E-state index in [0.29, 0.717) is 49.4 Å². The quantitative estimate of drug-likeness (QED) is 0.133. The molecule has 2 aromatic carbocycles. The summed E-state index contributed by atoms with van der Waals surface area (Å²) >= 11 is 0. The average Bonchev–Trinajstić information content (AvgIpc) is 3.02. The highest BCUT2D eigenvalue weighted by atomic mass is 19.4. The van der Waals surface area contributed by atoms with E-state index >= 15 is 4.39 Å². The molecule has 0 saturated carbocycles. The third-order valence-corrected chi connectivity index (χ3v) is 9.35. The molecule has 0 bridgehead atoms. The largest absolute Gasteiger partial charge is 0.466 e. The Hall–Kier alpha value is -4.03. The van der Waals surface area contributed by atoms with E-state index in [1.165, 1.54) is 0 Å². The Labute approximate surface area is 297 Å². The third-order valence-electron chi connectivity index (χ3n) is 9.35. The number of halogens is 4. The van der Waals surface area contributed by atoms with Gasteiger partial charge in [0.15, 0.2) is 0 Å². The highest BCUT2D eigenvalue weighted by Gasteiger charge is 2.37. The van der Waals surface area contributed by atoms with Crippen molar-refractivity contribution in [3.05, 3.63) is 92.1 Å². The van der Waals surface area contributed by atoms with Gasteiger partial charge in [0.1, 0.15) is 11.9 Å². The summed E-state index contributed by atoms with van der Waals surface area (Å²) in [5, 5.41) is 2.80. The van der Waals surface area contributed by atoms with Crippen LogP contribution in [0.25, 0.3) is 11.1 Å². The van der Waals surface area contributed by atoms with Crippen LogP contribution < -0.4 is 10.9 Å². The predicted molar refractivity (Wildman–Crippen MR) is 188 cm³/mol. The zero-order chi connectivity index (χ0) is 37.6. The lowest BCUT2D eigenvalue weighted by atomic mass is 9.90. The first kappa shape index (κ1) is 39.8. The van der Waals surface area contributed by atoms with E-state index in [1.54, 1.807) is 33.1 Å². The summed E-state index contributed by atoms with van der Waals surface area (Å²) in [6.45, 7) is 13.1. The van der Waals surface area contributed by atoms with E-state index in [2.05, 4.69) is 5.32 Å². The molecule has 2 atom stereocenters.